The van der Waals surface area contributed by atoms with Gasteiger partial charge in [-0.2, -0.15) is 5.26 Å². The molecule has 0 saturated carbocycles. The summed E-state index contributed by atoms with van der Waals surface area (Å²) < 4.78 is 19.0. The molecule has 0 radical (unpaired) electrons. The highest BCUT2D eigenvalue weighted by Crippen LogP contribution is 2.25. The third kappa shape index (κ3) is 3.60. The van der Waals surface area contributed by atoms with Gasteiger partial charge in [-0.25, -0.2) is 4.39 Å². The van der Waals surface area contributed by atoms with Crippen LogP contribution in [-0.2, 0) is 6.61 Å². The highest BCUT2D eigenvalue weighted by molar-refractivity contribution is 6.34. The van der Waals surface area contributed by atoms with E-state index in [1.54, 1.807) is 18.2 Å². The molecule has 0 unspecified atom stereocenters. The number of hydrogen-bond acceptors (Lipinski definition) is 2. The van der Waals surface area contributed by atoms with Gasteiger partial charge in [-0.1, -0.05) is 29.3 Å². The van der Waals surface area contributed by atoms with Gasteiger partial charge in [-0.15, -0.1) is 0 Å². The smallest absolute Gasteiger partial charge is 0.131 e. The second-order valence-corrected chi connectivity index (χ2v) is 4.68. The van der Waals surface area contributed by atoms with E-state index in [9.17, 15) is 4.39 Å². The summed E-state index contributed by atoms with van der Waals surface area (Å²) >= 11 is 11.7. The highest BCUT2D eigenvalue weighted by atomic mass is 35.5. The van der Waals surface area contributed by atoms with Gasteiger partial charge in [-0.3, -0.25) is 0 Å². The van der Waals surface area contributed by atoms with Gasteiger partial charge in [0, 0.05) is 15.6 Å². The molecule has 0 aromatic heterocycles. The maximum atomic E-state index is 13.6. The molecule has 2 rings (SSSR count). The molecule has 0 aliphatic carbocycles. The summed E-state index contributed by atoms with van der Waals surface area (Å²) in [6.07, 6.45) is 0. The molecule has 0 saturated heterocycles. The van der Waals surface area contributed by atoms with Gasteiger partial charge < -0.3 is 4.74 Å². The Bertz CT molecular complexity index is 632. The van der Waals surface area contributed by atoms with Crippen molar-refractivity contribution in [3.63, 3.8) is 0 Å². The first kappa shape index (κ1) is 13.7. The summed E-state index contributed by atoms with van der Waals surface area (Å²) in [5, 5.41) is 9.54. The van der Waals surface area contributed by atoms with Crippen LogP contribution in [0.5, 0.6) is 5.75 Å². The van der Waals surface area contributed by atoms with Crippen LogP contribution in [0.1, 0.15) is 11.1 Å². The Kier molecular flexibility index (Phi) is 4.26. The predicted octanol–water partition coefficient (Wildman–Crippen LogP) is 4.58. The van der Waals surface area contributed by atoms with Crippen molar-refractivity contribution in [3.05, 3.63) is 63.4 Å². The normalized spacial score (nSPS) is 10.0. The van der Waals surface area contributed by atoms with E-state index in [2.05, 4.69) is 0 Å². The first-order chi connectivity index (χ1) is 9.08. The van der Waals surface area contributed by atoms with E-state index in [1.807, 2.05) is 6.07 Å². The average molecular weight is 296 g/mol. The number of ether oxygens (including phenoxy) is 1. The zero-order valence-electron chi connectivity index (χ0n) is 9.66. The van der Waals surface area contributed by atoms with Gasteiger partial charge in [0.2, 0.25) is 0 Å². The van der Waals surface area contributed by atoms with Crippen molar-refractivity contribution in [1.29, 1.82) is 5.26 Å². The molecule has 2 aromatic carbocycles. The Morgan fingerprint density at radius 1 is 1.11 bits per heavy atom. The van der Waals surface area contributed by atoms with Crippen molar-refractivity contribution in [3.8, 4) is 11.8 Å². The molecular weight excluding hydrogens is 288 g/mol. The van der Waals surface area contributed by atoms with E-state index < -0.39 is 5.82 Å². The molecule has 0 heterocycles. The SMILES string of the molecule is N#Cc1ccc(COc2cc(Cl)cc(Cl)c2)c(F)c1. The minimum absolute atomic E-state index is 0.0359. The number of hydrogen-bond donors (Lipinski definition) is 0. The molecule has 0 aliphatic heterocycles. The quantitative estimate of drug-likeness (QED) is 0.830. The van der Waals surface area contributed by atoms with Gasteiger partial charge in [0.25, 0.3) is 0 Å². The molecule has 2 aromatic rings. The fraction of sp³-hybridized carbons (Fsp3) is 0.0714. The van der Waals surface area contributed by atoms with Gasteiger partial charge in [0.1, 0.15) is 18.2 Å². The van der Waals surface area contributed by atoms with Gasteiger partial charge >= 0.3 is 0 Å². The van der Waals surface area contributed by atoms with Crippen LogP contribution < -0.4 is 4.74 Å². The largest absolute Gasteiger partial charge is 0.489 e. The maximum Gasteiger partial charge on any atom is 0.131 e. The van der Waals surface area contributed by atoms with Crippen LogP contribution in [0.25, 0.3) is 0 Å². The number of nitrogens with zero attached hydrogens (tertiary/aromatic N) is 1. The molecule has 2 nitrogen and oxygen atoms in total. The van der Waals surface area contributed by atoms with E-state index in [1.165, 1.54) is 18.2 Å². The lowest BCUT2D eigenvalue weighted by molar-refractivity contribution is 0.300. The maximum absolute atomic E-state index is 13.6. The summed E-state index contributed by atoms with van der Waals surface area (Å²) in [4.78, 5) is 0. The standard InChI is InChI=1S/C14H8Cl2FNO/c15-11-4-12(16)6-13(5-11)19-8-10-2-1-9(7-18)3-14(10)17/h1-6H,8H2. The Morgan fingerprint density at radius 3 is 2.37 bits per heavy atom. The fourth-order valence-electron chi connectivity index (χ4n) is 1.51. The van der Waals surface area contributed by atoms with Crippen LogP contribution in [0.3, 0.4) is 0 Å². The zero-order valence-corrected chi connectivity index (χ0v) is 11.2. The van der Waals surface area contributed by atoms with Crippen LogP contribution >= 0.6 is 23.2 Å². The first-order valence-corrected chi connectivity index (χ1v) is 6.11. The molecular formula is C14H8Cl2FNO. The molecule has 0 N–H and O–H groups in total. The van der Waals surface area contributed by atoms with Crippen molar-refractivity contribution in [1.82, 2.24) is 0 Å². The Balaban J connectivity index is 2.12. The van der Waals surface area contributed by atoms with E-state index in [-0.39, 0.29) is 12.2 Å². The molecule has 0 bridgehead atoms. The fourth-order valence-corrected chi connectivity index (χ4v) is 2.01. The summed E-state index contributed by atoms with van der Waals surface area (Å²) in [5.41, 5.74) is 0.627. The average Bonchev–Trinajstić information content (AvgIpc) is 2.36. The third-order valence-electron chi connectivity index (χ3n) is 2.41. The second kappa shape index (κ2) is 5.92. The number of rotatable bonds is 3. The summed E-state index contributed by atoms with van der Waals surface area (Å²) in [7, 11) is 0. The third-order valence-corrected chi connectivity index (χ3v) is 2.85. The van der Waals surface area contributed by atoms with E-state index in [0.29, 0.717) is 21.4 Å². The van der Waals surface area contributed by atoms with Crippen LogP contribution in [0.15, 0.2) is 36.4 Å². The van der Waals surface area contributed by atoms with Crippen LogP contribution in [0.4, 0.5) is 4.39 Å². The van der Waals surface area contributed by atoms with Gasteiger partial charge in [0.15, 0.2) is 0 Å². The molecule has 0 spiro atoms. The van der Waals surface area contributed by atoms with Crippen molar-refractivity contribution >= 4 is 23.2 Å². The van der Waals surface area contributed by atoms with Crippen molar-refractivity contribution in [2.75, 3.05) is 0 Å². The first-order valence-electron chi connectivity index (χ1n) is 5.36. The van der Waals surface area contributed by atoms with Crippen molar-refractivity contribution in [2.45, 2.75) is 6.61 Å². The molecule has 0 atom stereocenters. The predicted molar refractivity (Wildman–Crippen MR) is 71.9 cm³/mol. The van der Waals surface area contributed by atoms with E-state index in [4.69, 9.17) is 33.2 Å². The lowest BCUT2D eigenvalue weighted by atomic mass is 10.1. The van der Waals surface area contributed by atoms with E-state index >= 15 is 0 Å². The molecule has 19 heavy (non-hydrogen) atoms. The van der Waals surface area contributed by atoms with Crippen LogP contribution in [0, 0.1) is 17.1 Å². The van der Waals surface area contributed by atoms with Crippen LogP contribution in [-0.4, -0.2) is 0 Å². The van der Waals surface area contributed by atoms with E-state index in [0.717, 1.165) is 0 Å². The minimum Gasteiger partial charge on any atom is -0.489 e. The Hall–Kier alpha value is -1.76. The minimum atomic E-state index is -0.479. The van der Waals surface area contributed by atoms with Crippen molar-refractivity contribution < 1.29 is 9.13 Å². The summed E-state index contributed by atoms with van der Waals surface area (Å²) in [6.45, 7) is 0.0359. The van der Waals surface area contributed by atoms with Crippen LogP contribution in [0.2, 0.25) is 10.0 Å². The molecule has 0 amide bonds. The molecule has 5 heteroatoms. The molecule has 96 valence electrons. The number of nitriles is 1. The molecule has 0 aliphatic rings. The number of halogens is 3. The Morgan fingerprint density at radius 2 is 1.79 bits per heavy atom. The lowest BCUT2D eigenvalue weighted by Gasteiger charge is -2.08. The topological polar surface area (TPSA) is 33.0 Å². The second-order valence-electron chi connectivity index (χ2n) is 3.81. The van der Waals surface area contributed by atoms with Crippen molar-refractivity contribution in [2.24, 2.45) is 0 Å². The summed E-state index contributed by atoms with van der Waals surface area (Å²) in [6, 6.07) is 10.9. The van der Waals surface area contributed by atoms with Gasteiger partial charge in [0.05, 0.1) is 11.6 Å². The van der Waals surface area contributed by atoms with Gasteiger partial charge in [-0.05, 0) is 30.3 Å². The monoisotopic (exact) mass is 295 g/mol. The Labute approximate surface area is 119 Å². The zero-order chi connectivity index (χ0) is 13.8. The molecule has 0 fully saturated rings. The number of benzene rings is 2. The lowest BCUT2D eigenvalue weighted by Crippen LogP contribution is -1.99. The summed E-state index contributed by atoms with van der Waals surface area (Å²) in [5.74, 6) is -0.0200. The highest BCUT2D eigenvalue weighted by Gasteiger charge is 2.05.